The van der Waals surface area contributed by atoms with Gasteiger partial charge in [-0.3, -0.25) is 9.59 Å². The van der Waals surface area contributed by atoms with Gasteiger partial charge in [-0.05, 0) is 6.07 Å². The highest BCUT2D eigenvalue weighted by Gasteiger charge is 2.16. The van der Waals surface area contributed by atoms with E-state index in [0.717, 1.165) is 0 Å². The van der Waals surface area contributed by atoms with Gasteiger partial charge in [0.15, 0.2) is 5.78 Å². The Morgan fingerprint density at radius 1 is 1.24 bits per heavy atom. The summed E-state index contributed by atoms with van der Waals surface area (Å²) in [6.45, 7) is 0. The summed E-state index contributed by atoms with van der Waals surface area (Å²) in [4.78, 5) is 22.1. The lowest BCUT2D eigenvalue weighted by atomic mass is 10.1. The largest absolute Gasteiger partial charge is 0.496 e. The zero-order valence-electron chi connectivity index (χ0n) is 9.00. The molecule has 1 rings (SSSR count). The minimum atomic E-state index is -1.03. The van der Waals surface area contributed by atoms with E-state index in [9.17, 15) is 9.59 Å². The second-order valence-corrected chi connectivity index (χ2v) is 4.10. The molecule has 0 bridgehead atoms. The molecule has 0 amide bonds. The predicted octanol–water partition coefficient (Wildman–Crippen LogP) is 3.05. The van der Waals surface area contributed by atoms with E-state index in [-0.39, 0.29) is 40.0 Å². The summed E-state index contributed by atoms with van der Waals surface area (Å²) in [6.07, 6.45) is -0.341. The Morgan fingerprint density at radius 3 is 2.35 bits per heavy atom. The number of hydrogen-bond donors (Lipinski definition) is 1. The van der Waals surface area contributed by atoms with Crippen LogP contribution < -0.4 is 4.74 Å². The van der Waals surface area contributed by atoms with E-state index >= 15 is 0 Å². The van der Waals surface area contributed by atoms with Gasteiger partial charge in [-0.1, -0.05) is 23.2 Å². The van der Waals surface area contributed by atoms with Crippen molar-refractivity contribution in [3.8, 4) is 5.75 Å². The van der Waals surface area contributed by atoms with Crippen molar-refractivity contribution >= 4 is 35.0 Å². The summed E-state index contributed by atoms with van der Waals surface area (Å²) >= 11 is 11.6. The molecule has 0 aliphatic carbocycles. The summed E-state index contributed by atoms with van der Waals surface area (Å²) in [7, 11) is 1.40. The van der Waals surface area contributed by atoms with Crippen LogP contribution in [0.4, 0.5) is 0 Å². The highest BCUT2D eigenvalue weighted by atomic mass is 35.5. The first-order valence-electron chi connectivity index (χ1n) is 4.73. The van der Waals surface area contributed by atoms with Crippen molar-refractivity contribution in [2.75, 3.05) is 7.11 Å². The SMILES string of the molecule is COc1cc(Cl)c(Cl)cc1C(=O)CCC(=O)O. The first-order chi connectivity index (χ1) is 7.95. The van der Waals surface area contributed by atoms with E-state index in [1.54, 1.807) is 0 Å². The molecule has 1 N–H and O–H groups in total. The van der Waals surface area contributed by atoms with Gasteiger partial charge in [-0.2, -0.15) is 0 Å². The monoisotopic (exact) mass is 276 g/mol. The number of carbonyl (C=O) groups is 2. The van der Waals surface area contributed by atoms with Crippen LogP contribution in [-0.4, -0.2) is 24.0 Å². The van der Waals surface area contributed by atoms with Gasteiger partial charge >= 0.3 is 5.97 Å². The number of halogens is 2. The second-order valence-electron chi connectivity index (χ2n) is 3.28. The van der Waals surface area contributed by atoms with Gasteiger partial charge in [0.1, 0.15) is 5.75 Å². The van der Waals surface area contributed by atoms with E-state index in [1.165, 1.54) is 19.2 Å². The molecule has 0 aromatic heterocycles. The minimum absolute atomic E-state index is 0.107. The Labute approximate surface area is 108 Å². The number of aliphatic carboxylic acids is 1. The zero-order valence-corrected chi connectivity index (χ0v) is 10.5. The van der Waals surface area contributed by atoms with Gasteiger partial charge < -0.3 is 9.84 Å². The van der Waals surface area contributed by atoms with Gasteiger partial charge in [0, 0.05) is 12.5 Å². The number of carboxylic acids is 1. The van der Waals surface area contributed by atoms with Crippen LogP contribution in [0.5, 0.6) is 5.75 Å². The number of rotatable bonds is 5. The number of methoxy groups -OCH3 is 1. The molecule has 1 aromatic rings. The molecule has 6 heteroatoms. The van der Waals surface area contributed by atoms with Crippen LogP contribution in [0.3, 0.4) is 0 Å². The molecule has 17 heavy (non-hydrogen) atoms. The maximum Gasteiger partial charge on any atom is 0.303 e. The fourth-order valence-corrected chi connectivity index (χ4v) is 1.59. The predicted molar refractivity (Wildman–Crippen MR) is 64.2 cm³/mol. The van der Waals surface area contributed by atoms with Gasteiger partial charge in [0.05, 0.1) is 29.1 Å². The van der Waals surface area contributed by atoms with Gasteiger partial charge in [0.25, 0.3) is 0 Å². The maximum absolute atomic E-state index is 11.7. The van der Waals surface area contributed by atoms with Crippen LogP contribution in [-0.2, 0) is 4.79 Å². The summed E-state index contributed by atoms with van der Waals surface area (Å²) in [5, 5.41) is 9.01. The van der Waals surface area contributed by atoms with Crippen molar-refractivity contribution < 1.29 is 19.4 Å². The number of hydrogen-bond acceptors (Lipinski definition) is 3. The standard InChI is InChI=1S/C11H10Cl2O4/c1-17-10-5-8(13)7(12)4-6(10)9(14)2-3-11(15)16/h4-5H,2-3H2,1H3,(H,15,16). The Balaban J connectivity index is 2.99. The Morgan fingerprint density at radius 2 is 1.82 bits per heavy atom. The van der Waals surface area contributed by atoms with E-state index < -0.39 is 5.97 Å². The maximum atomic E-state index is 11.7. The number of benzene rings is 1. The smallest absolute Gasteiger partial charge is 0.303 e. The van der Waals surface area contributed by atoms with Gasteiger partial charge in [-0.25, -0.2) is 0 Å². The first-order valence-corrected chi connectivity index (χ1v) is 5.49. The van der Waals surface area contributed by atoms with Crippen molar-refractivity contribution in [3.05, 3.63) is 27.7 Å². The van der Waals surface area contributed by atoms with Gasteiger partial charge in [0.2, 0.25) is 0 Å². The molecule has 0 atom stereocenters. The lowest BCUT2D eigenvalue weighted by Crippen LogP contribution is -2.05. The number of ketones is 1. The molecule has 0 saturated heterocycles. The Bertz CT molecular complexity index is 457. The van der Waals surface area contributed by atoms with Crippen LogP contribution in [0.15, 0.2) is 12.1 Å². The normalized spacial score (nSPS) is 10.1. The number of carboxylic acid groups (broad SMARTS) is 1. The lowest BCUT2D eigenvalue weighted by Gasteiger charge is -2.08. The average molecular weight is 277 g/mol. The second kappa shape index (κ2) is 5.89. The molecule has 4 nitrogen and oxygen atoms in total. The fourth-order valence-electron chi connectivity index (χ4n) is 1.27. The highest BCUT2D eigenvalue weighted by molar-refractivity contribution is 6.42. The van der Waals surface area contributed by atoms with Crippen molar-refractivity contribution in [1.29, 1.82) is 0 Å². The van der Waals surface area contributed by atoms with Crippen LogP contribution >= 0.6 is 23.2 Å². The molecule has 0 saturated carbocycles. The third kappa shape index (κ3) is 3.61. The first kappa shape index (κ1) is 13.8. The topological polar surface area (TPSA) is 63.6 Å². The van der Waals surface area contributed by atoms with Gasteiger partial charge in [-0.15, -0.1) is 0 Å². The van der Waals surface area contributed by atoms with E-state index in [0.29, 0.717) is 0 Å². The van der Waals surface area contributed by atoms with E-state index in [2.05, 4.69) is 0 Å². The molecular formula is C11H10Cl2O4. The number of ether oxygens (including phenoxy) is 1. The Kier molecular flexibility index (Phi) is 4.78. The fraction of sp³-hybridized carbons (Fsp3) is 0.273. The lowest BCUT2D eigenvalue weighted by molar-refractivity contribution is -0.136. The van der Waals surface area contributed by atoms with E-state index in [1.807, 2.05) is 0 Å². The molecule has 0 radical (unpaired) electrons. The summed E-state index contributed by atoms with van der Waals surface area (Å²) in [5.74, 6) is -1.09. The molecule has 92 valence electrons. The molecule has 0 aliphatic rings. The van der Waals surface area contributed by atoms with Crippen LogP contribution in [0, 0.1) is 0 Å². The van der Waals surface area contributed by atoms with E-state index in [4.69, 9.17) is 33.0 Å². The van der Waals surface area contributed by atoms with Crippen molar-refractivity contribution in [1.82, 2.24) is 0 Å². The van der Waals surface area contributed by atoms with Crippen LogP contribution in [0.25, 0.3) is 0 Å². The highest BCUT2D eigenvalue weighted by Crippen LogP contribution is 2.31. The zero-order chi connectivity index (χ0) is 13.0. The molecule has 0 unspecified atom stereocenters. The van der Waals surface area contributed by atoms with Crippen molar-refractivity contribution in [3.63, 3.8) is 0 Å². The van der Waals surface area contributed by atoms with Crippen LogP contribution in [0.2, 0.25) is 10.0 Å². The number of Topliss-reactive ketones (excluding diaryl/α,β-unsaturated/α-hetero) is 1. The Hall–Kier alpha value is -1.26. The van der Waals surface area contributed by atoms with Crippen molar-refractivity contribution in [2.45, 2.75) is 12.8 Å². The quantitative estimate of drug-likeness (QED) is 0.840. The molecular weight excluding hydrogens is 267 g/mol. The van der Waals surface area contributed by atoms with Crippen molar-refractivity contribution in [2.24, 2.45) is 0 Å². The minimum Gasteiger partial charge on any atom is -0.496 e. The molecule has 0 spiro atoms. The molecule has 0 fully saturated rings. The van der Waals surface area contributed by atoms with Crippen LogP contribution in [0.1, 0.15) is 23.2 Å². The summed E-state index contributed by atoms with van der Waals surface area (Å²) in [5.41, 5.74) is 0.239. The summed E-state index contributed by atoms with van der Waals surface area (Å²) in [6, 6.07) is 2.81. The molecule has 0 aliphatic heterocycles. The number of carbonyl (C=O) groups excluding carboxylic acids is 1. The third-order valence-corrected chi connectivity index (χ3v) is 2.83. The average Bonchev–Trinajstić information content (AvgIpc) is 2.28. The summed E-state index contributed by atoms with van der Waals surface area (Å²) < 4.78 is 5.00. The third-order valence-electron chi connectivity index (χ3n) is 2.11. The molecule has 0 heterocycles. The molecule has 1 aromatic carbocycles.